The van der Waals surface area contributed by atoms with Gasteiger partial charge in [0.25, 0.3) is 0 Å². The molecule has 1 aliphatic rings. The highest BCUT2D eigenvalue weighted by Gasteiger charge is 2.28. The molecule has 1 heterocycles. The van der Waals surface area contributed by atoms with E-state index in [0.29, 0.717) is 19.4 Å². The Balaban J connectivity index is 1.47. The zero-order valence-electron chi connectivity index (χ0n) is 24.2. The minimum atomic E-state index is -3.71. The molecule has 0 radical (unpaired) electrons. The SMILES string of the molecule is Cc1cccc(S(=O)(=O)N[C@H]2CCCc3ccc(N(Cc4cnc(C)n4C)C(=O)C[C@H](C)c4ccccc4)cc32)c1. The highest BCUT2D eigenvalue weighted by atomic mass is 32.2. The van der Waals surface area contributed by atoms with Gasteiger partial charge in [-0.15, -0.1) is 0 Å². The number of nitrogens with zero attached hydrogens (tertiary/aromatic N) is 3. The van der Waals surface area contributed by atoms with Gasteiger partial charge in [-0.2, -0.15) is 0 Å². The molecule has 1 amide bonds. The summed E-state index contributed by atoms with van der Waals surface area (Å²) in [5, 5.41) is 0. The van der Waals surface area contributed by atoms with Gasteiger partial charge in [0.05, 0.1) is 23.3 Å². The highest BCUT2D eigenvalue weighted by molar-refractivity contribution is 7.89. The normalized spacial score (nSPS) is 15.8. The lowest BCUT2D eigenvalue weighted by atomic mass is 9.87. The summed E-state index contributed by atoms with van der Waals surface area (Å²) < 4.78 is 31.6. The number of aryl methyl sites for hydroxylation is 3. The van der Waals surface area contributed by atoms with E-state index in [1.165, 1.54) is 0 Å². The fraction of sp³-hybridized carbons (Fsp3) is 0.333. The van der Waals surface area contributed by atoms with Crippen molar-refractivity contribution in [2.45, 2.75) is 69.9 Å². The van der Waals surface area contributed by atoms with Crippen LogP contribution >= 0.6 is 0 Å². The van der Waals surface area contributed by atoms with Gasteiger partial charge in [0.1, 0.15) is 5.82 Å². The molecule has 4 aromatic rings. The summed E-state index contributed by atoms with van der Waals surface area (Å²) in [6.45, 7) is 6.27. The molecule has 41 heavy (non-hydrogen) atoms. The monoisotopic (exact) mass is 570 g/mol. The smallest absolute Gasteiger partial charge is 0.241 e. The van der Waals surface area contributed by atoms with E-state index in [4.69, 9.17) is 0 Å². The van der Waals surface area contributed by atoms with Crippen molar-refractivity contribution < 1.29 is 13.2 Å². The van der Waals surface area contributed by atoms with Crippen molar-refractivity contribution in [2.24, 2.45) is 7.05 Å². The van der Waals surface area contributed by atoms with E-state index in [1.807, 2.05) is 79.0 Å². The third kappa shape index (κ3) is 6.44. The van der Waals surface area contributed by atoms with Crippen molar-refractivity contribution in [3.05, 3.63) is 113 Å². The Hall–Kier alpha value is -3.75. The fourth-order valence-electron chi connectivity index (χ4n) is 5.57. The van der Waals surface area contributed by atoms with E-state index < -0.39 is 10.0 Å². The average molecular weight is 571 g/mol. The number of hydrogen-bond acceptors (Lipinski definition) is 4. The van der Waals surface area contributed by atoms with Crippen molar-refractivity contribution in [3.63, 3.8) is 0 Å². The predicted octanol–water partition coefficient (Wildman–Crippen LogP) is 6.12. The lowest BCUT2D eigenvalue weighted by Crippen LogP contribution is -2.33. The Morgan fingerprint density at radius 3 is 2.56 bits per heavy atom. The first-order chi connectivity index (χ1) is 19.6. The molecule has 0 bridgehead atoms. The van der Waals surface area contributed by atoms with Crippen molar-refractivity contribution in [2.75, 3.05) is 4.90 Å². The van der Waals surface area contributed by atoms with Gasteiger partial charge in [0.15, 0.2) is 0 Å². The summed E-state index contributed by atoms with van der Waals surface area (Å²) in [4.78, 5) is 20.4. The number of anilines is 1. The molecular weight excluding hydrogens is 532 g/mol. The minimum absolute atomic E-state index is 0.00728. The lowest BCUT2D eigenvalue weighted by molar-refractivity contribution is -0.119. The molecule has 0 unspecified atom stereocenters. The van der Waals surface area contributed by atoms with Crippen LogP contribution in [0.2, 0.25) is 0 Å². The van der Waals surface area contributed by atoms with Crippen LogP contribution < -0.4 is 9.62 Å². The van der Waals surface area contributed by atoms with Gasteiger partial charge >= 0.3 is 0 Å². The van der Waals surface area contributed by atoms with Gasteiger partial charge in [0.2, 0.25) is 15.9 Å². The van der Waals surface area contributed by atoms with Crippen LogP contribution in [0.1, 0.15) is 71.9 Å². The molecule has 0 aliphatic heterocycles. The zero-order chi connectivity index (χ0) is 29.1. The van der Waals surface area contributed by atoms with Crippen LogP contribution in [0.4, 0.5) is 5.69 Å². The van der Waals surface area contributed by atoms with E-state index in [-0.39, 0.29) is 22.8 Å². The van der Waals surface area contributed by atoms with Crippen molar-refractivity contribution in [1.82, 2.24) is 14.3 Å². The molecule has 7 nitrogen and oxygen atoms in total. The number of aromatic nitrogens is 2. The molecule has 1 N–H and O–H groups in total. The number of nitrogens with one attached hydrogen (secondary N) is 1. The van der Waals surface area contributed by atoms with E-state index in [2.05, 4.69) is 28.8 Å². The molecule has 0 saturated heterocycles. The topological polar surface area (TPSA) is 84.3 Å². The van der Waals surface area contributed by atoms with Crippen LogP contribution in [-0.2, 0) is 34.8 Å². The number of benzene rings is 3. The highest BCUT2D eigenvalue weighted by Crippen LogP contribution is 2.35. The van der Waals surface area contributed by atoms with Crippen molar-refractivity contribution >= 4 is 21.6 Å². The summed E-state index contributed by atoms with van der Waals surface area (Å²) >= 11 is 0. The van der Waals surface area contributed by atoms with Gasteiger partial charge in [-0.05, 0) is 85.5 Å². The summed E-state index contributed by atoms with van der Waals surface area (Å²) in [6, 6.07) is 22.7. The van der Waals surface area contributed by atoms with Gasteiger partial charge in [0, 0.05) is 25.2 Å². The van der Waals surface area contributed by atoms with Crippen LogP contribution in [0.5, 0.6) is 0 Å². The number of amides is 1. The fourth-order valence-corrected chi connectivity index (χ4v) is 6.92. The standard InChI is InChI=1S/C33H38N4O3S/c1-23-10-8-14-30(18-23)41(39,40)35-32-15-9-13-27-16-17-28(20-31(27)32)37(22-29-21-34-25(3)36(29)4)33(38)19-24(2)26-11-6-5-7-12-26/h5-8,10-12,14,16-18,20-21,24,32,35H,9,13,15,19,22H2,1-4H3/t24-,32-/m0/s1. The van der Waals surface area contributed by atoms with Crippen LogP contribution in [0.3, 0.4) is 0 Å². The van der Waals surface area contributed by atoms with Crippen LogP contribution in [0.25, 0.3) is 0 Å². The molecule has 8 heteroatoms. The maximum absolute atomic E-state index is 13.9. The summed E-state index contributed by atoms with van der Waals surface area (Å²) in [5.74, 6) is 0.931. The zero-order valence-corrected chi connectivity index (χ0v) is 25.0. The third-order valence-corrected chi connectivity index (χ3v) is 9.61. The predicted molar refractivity (Wildman–Crippen MR) is 162 cm³/mol. The van der Waals surface area contributed by atoms with Crippen LogP contribution in [0.15, 0.2) is 83.9 Å². The van der Waals surface area contributed by atoms with Crippen molar-refractivity contribution in [1.29, 1.82) is 0 Å². The minimum Gasteiger partial charge on any atom is -0.334 e. The van der Waals surface area contributed by atoms with E-state index in [1.54, 1.807) is 18.2 Å². The first kappa shape index (κ1) is 28.8. The second kappa shape index (κ2) is 12.0. The van der Waals surface area contributed by atoms with Gasteiger partial charge < -0.3 is 9.47 Å². The first-order valence-corrected chi connectivity index (χ1v) is 15.6. The van der Waals surface area contributed by atoms with Crippen LogP contribution in [0, 0.1) is 13.8 Å². The molecule has 2 atom stereocenters. The first-order valence-electron chi connectivity index (χ1n) is 14.2. The quantitative estimate of drug-likeness (QED) is 0.263. The third-order valence-electron chi connectivity index (χ3n) is 8.14. The maximum Gasteiger partial charge on any atom is 0.241 e. The van der Waals surface area contributed by atoms with Gasteiger partial charge in [-0.1, -0.05) is 55.5 Å². The van der Waals surface area contributed by atoms with Crippen LogP contribution in [-0.4, -0.2) is 23.9 Å². The largest absolute Gasteiger partial charge is 0.334 e. The number of hydrogen-bond donors (Lipinski definition) is 1. The molecule has 214 valence electrons. The Bertz CT molecular complexity index is 1650. The Morgan fingerprint density at radius 2 is 1.85 bits per heavy atom. The van der Waals surface area contributed by atoms with E-state index >= 15 is 0 Å². The second-order valence-corrected chi connectivity index (χ2v) is 12.8. The molecule has 0 spiro atoms. The summed E-state index contributed by atoms with van der Waals surface area (Å²) in [7, 11) is -1.76. The number of imidazole rings is 1. The van der Waals surface area contributed by atoms with E-state index in [9.17, 15) is 13.2 Å². The Kier molecular flexibility index (Phi) is 8.42. The number of sulfonamides is 1. The summed E-state index contributed by atoms with van der Waals surface area (Å²) in [5.41, 5.74) is 5.74. The van der Waals surface area contributed by atoms with Gasteiger partial charge in [-0.25, -0.2) is 18.1 Å². The molecule has 0 fully saturated rings. The number of carbonyl (C=O) groups is 1. The Morgan fingerprint density at radius 1 is 1.07 bits per heavy atom. The molecular formula is C33H38N4O3S. The molecule has 1 aromatic heterocycles. The molecule has 0 saturated carbocycles. The van der Waals surface area contributed by atoms with Crippen molar-refractivity contribution in [3.8, 4) is 0 Å². The maximum atomic E-state index is 13.9. The van der Waals surface area contributed by atoms with Gasteiger partial charge in [-0.3, -0.25) is 4.79 Å². The second-order valence-electron chi connectivity index (χ2n) is 11.1. The summed E-state index contributed by atoms with van der Waals surface area (Å²) in [6.07, 6.45) is 4.62. The Labute approximate surface area is 243 Å². The van der Waals surface area contributed by atoms with E-state index in [0.717, 1.165) is 52.3 Å². The number of carbonyl (C=O) groups excluding carboxylic acids is 1. The molecule has 3 aromatic carbocycles. The lowest BCUT2D eigenvalue weighted by Gasteiger charge is -2.30. The number of fused-ring (bicyclic) bond motifs is 1. The number of rotatable bonds is 9. The molecule has 1 aliphatic carbocycles. The average Bonchev–Trinajstić information content (AvgIpc) is 3.28. The molecule has 5 rings (SSSR count).